The first-order valence-corrected chi connectivity index (χ1v) is 20.5. The standard InChI is InChI=1S/C48H49ClN2O10/c1-50(2)31-12-17-35-40(24-31)60-41-25-32(51(3)4)13-18-36(41)43(35)34-16-10-28(23-37(34)48(57)58)39(53)7-5-6-20-59-33-14-8-27(9-15-33)21-30-22-29(11-19-38(30)49)47-46(56)45(55)44(54)42(26-52)61-47/h8-19,22-25,42,44-47,52,54-56H,5-7,20-21,26H2,1-4H3/p+1/t42-,44-,45+,46-,47+/m1/s1. The van der Waals surface area contributed by atoms with Gasteiger partial charge in [-0.15, -0.1) is 0 Å². The molecule has 13 heteroatoms. The largest absolute Gasteiger partial charge is 0.494 e. The van der Waals surface area contributed by atoms with E-state index in [9.17, 15) is 35.1 Å². The molecule has 1 saturated heterocycles. The number of carbonyl (C=O) groups is 2. The lowest BCUT2D eigenvalue weighted by Gasteiger charge is -2.40. The quantitative estimate of drug-likeness (QED) is 0.0366. The predicted octanol–water partition coefficient (Wildman–Crippen LogP) is 6.19. The molecule has 5 N–H and O–H groups in total. The van der Waals surface area contributed by atoms with Crippen molar-refractivity contribution in [1.82, 2.24) is 4.58 Å². The lowest BCUT2D eigenvalue weighted by atomic mass is 9.89. The third-order valence-corrected chi connectivity index (χ3v) is 11.6. The van der Waals surface area contributed by atoms with E-state index in [-0.39, 0.29) is 17.8 Å². The van der Waals surface area contributed by atoms with Crippen LogP contribution in [0, 0.1) is 0 Å². The number of carboxylic acids is 1. The van der Waals surface area contributed by atoms with Gasteiger partial charge >= 0.3 is 5.97 Å². The van der Waals surface area contributed by atoms with Crippen LogP contribution in [0.2, 0.25) is 5.02 Å². The zero-order valence-electron chi connectivity index (χ0n) is 34.4. The Hall–Kier alpha value is -5.60. The molecule has 3 aliphatic rings. The molecule has 0 unspecified atom stereocenters. The number of aliphatic hydroxyl groups is 4. The fourth-order valence-electron chi connectivity index (χ4n) is 7.76. The molecule has 7 rings (SSSR count). The maximum atomic E-state index is 13.4. The number of fused-ring (bicyclic) bond motifs is 2. The molecule has 1 fully saturated rings. The molecule has 2 heterocycles. The van der Waals surface area contributed by atoms with Crippen LogP contribution in [0.15, 0.2) is 101 Å². The van der Waals surface area contributed by atoms with Gasteiger partial charge in [0, 0.05) is 65.4 Å². The topological polar surface area (TPSA) is 173 Å². The van der Waals surface area contributed by atoms with E-state index in [4.69, 9.17) is 25.5 Å². The molecule has 0 radical (unpaired) electrons. The number of anilines is 1. The number of benzene rings is 5. The SMILES string of the molecule is CN(C)c1ccc2c(-c3ccc(C(=O)CCCCOc4ccc(Cc5cc([C@@H]6O[C@H](CO)[C@@H](O)[C@H](O)[C@H]6O)ccc5Cl)cc4)cc3C(=O)O)c3ccc(=[N+](C)C)cc-3oc2c1. The molecule has 5 atom stereocenters. The van der Waals surface area contributed by atoms with Crippen LogP contribution in [-0.2, 0) is 11.2 Å². The van der Waals surface area contributed by atoms with Gasteiger partial charge in [-0.1, -0.05) is 48.0 Å². The smallest absolute Gasteiger partial charge is 0.336 e. The van der Waals surface area contributed by atoms with Crippen LogP contribution < -0.4 is 19.6 Å². The summed E-state index contributed by atoms with van der Waals surface area (Å²) in [6.07, 6.45) is -4.47. The van der Waals surface area contributed by atoms with Gasteiger partial charge in [-0.3, -0.25) is 4.79 Å². The van der Waals surface area contributed by atoms with E-state index >= 15 is 0 Å². The first-order chi connectivity index (χ1) is 29.2. The van der Waals surface area contributed by atoms with Crippen molar-refractivity contribution in [2.24, 2.45) is 0 Å². The molecular weight excluding hydrogens is 800 g/mol. The summed E-state index contributed by atoms with van der Waals surface area (Å²) in [5.74, 6) is -0.0209. The van der Waals surface area contributed by atoms with Crippen molar-refractivity contribution in [3.05, 3.63) is 135 Å². The summed E-state index contributed by atoms with van der Waals surface area (Å²) in [7, 11) is 7.78. The highest BCUT2D eigenvalue weighted by molar-refractivity contribution is 6.31. The second-order valence-corrected chi connectivity index (χ2v) is 16.2. The van der Waals surface area contributed by atoms with Crippen molar-refractivity contribution < 1.29 is 49.0 Å². The molecule has 0 aromatic heterocycles. The van der Waals surface area contributed by atoms with Gasteiger partial charge in [0.1, 0.15) is 61.7 Å². The van der Waals surface area contributed by atoms with Crippen LogP contribution in [-0.4, -0.2) is 103 Å². The third-order valence-electron chi connectivity index (χ3n) is 11.2. The Kier molecular flexibility index (Phi) is 13.2. The second-order valence-electron chi connectivity index (χ2n) is 15.8. The van der Waals surface area contributed by atoms with E-state index in [1.807, 2.05) is 98.3 Å². The Morgan fingerprint density at radius 1 is 0.836 bits per heavy atom. The number of halogens is 1. The number of hydrogen-bond donors (Lipinski definition) is 5. The van der Waals surface area contributed by atoms with Gasteiger partial charge in [-0.25, -0.2) is 9.37 Å². The summed E-state index contributed by atoms with van der Waals surface area (Å²) in [6.45, 7) is -0.137. The number of rotatable bonds is 14. The highest BCUT2D eigenvalue weighted by Crippen LogP contribution is 2.42. The van der Waals surface area contributed by atoms with Crippen LogP contribution in [0.4, 0.5) is 5.69 Å². The van der Waals surface area contributed by atoms with E-state index in [1.165, 1.54) is 6.07 Å². The Balaban J connectivity index is 0.987. The summed E-state index contributed by atoms with van der Waals surface area (Å²) in [4.78, 5) is 28.2. The number of nitrogens with zero attached hydrogens (tertiary/aromatic N) is 2. The molecule has 0 bridgehead atoms. The maximum absolute atomic E-state index is 13.4. The summed E-state index contributed by atoms with van der Waals surface area (Å²) in [5, 5.41) is 53.3. The Morgan fingerprint density at radius 3 is 2.30 bits per heavy atom. The monoisotopic (exact) mass is 849 g/mol. The van der Waals surface area contributed by atoms with E-state index in [0.29, 0.717) is 64.7 Å². The molecule has 1 aliphatic carbocycles. The van der Waals surface area contributed by atoms with Crippen molar-refractivity contribution in [1.29, 1.82) is 0 Å². The number of hydrogen-bond acceptors (Lipinski definition) is 10. The highest BCUT2D eigenvalue weighted by atomic mass is 35.5. The summed E-state index contributed by atoms with van der Waals surface area (Å²) < 4.78 is 20.1. The van der Waals surface area contributed by atoms with E-state index in [2.05, 4.69) is 0 Å². The average Bonchev–Trinajstić information content (AvgIpc) is 3.25. The van der Waals surface area contributed by atoms with Gasteiger partial charge in [-0.05, 0) is 84.0 Å². The summed E-state index contributed by atoms with van der Waals surface area (Å²) in [5.41, 5.74) is 6.14. The molecule has 61 heavy (non-hydrogen) atoms. The first kappa shape index (κ1) is 43.5. The van der Waals surface area contributed by atoms with E-state index < -0.39 is 43.1 Å². The summed E-state index contributed by atoms with van der Waals surface area (Å²) in [6, 6.07) is 29.3. The van der Waals surface area contributed by atoms with E-state index in [1.54, 1.807) is 30.3 Å². The Morgan fingerprint density at radius 2 is 1.59 bits per heavy atom. The molecule has 0 saturated carbocycles. The number of carboxylic acid groups (broad SMARTS) is 1. The molecule has 4 aromatic rings. The molecule has 4 aromatic carbocycles. The number of Topliss-reactive ketones (excluding diaryl/α,β-unsaturated/α-hetero) is 1. The Labute approximate surface area is 358 Å². The highest BCUT2D eigenvalue weighted by Gasteiger charge is 2.44. The van der Waals surface area contributed by atoms with Gasteiger partial charge in [-0.2, -0.15) is 0 Å². The number of aliphatic hydroxyl groups excluding tert-OH is 4. The first-order valence-electron chi connectivity index (χ1n) is 20.1. The number of ether oxygens (including phenoxy) is 2. The van der Waals surface area contributed by atoms with Crippen molar-refractivity contribution in [2.45, 2.75) is 56.2 Å². The van der Waals surface area contributed by atoms with Gasteiger partial charge in [0.05, 0.1) is 24.8 Å². The van der Waals surface area contributed by atoms with Gasteiger partial charge in [0.2, 0.25) is 5.36 Å². The van der Waals surface area contributed by atoms with E-state index in [0.717, 1.165) is 38.7 Å². The molecule has 318 valence electrons. The van der Waals surface area contributed by atoms with Crippen molar-refractivity contribution in [3.63, 3.8) is 0 Å². The average molecular weight is 850 g/mol. The number of unbranched alkanes of at least 4 members (excludes halogenated alkanes) is 1. The Bertz CT molecular complexity index is 2600. The normalized spacial score (nSPS) is 18.9. The van der Waals surface area contributed by atoms with Crippen LogP contribution in [0.25, 0.3) is 33.4 Å². The van der Waals surface area contributed by atoms with Gasteiger partial charge < -0.3 is 44.3 Å². The van der Waals surface area contributed by atoms with Gasteiger partial charge in [0.25, 0.3) is 0 Å². The van der Waals surface area contributed by atoms with Gasteiger partial charge in [0.15, 0.2) is 5.78 Å². The molecule has 0 spiro atoms. The minimum absolute atomic E-state index is 0.0311. The summed E-state index contributed by atoms with van der Waals surface area (Å²) >= 11 is 6.52. The second kappa shape index (κ2) is 18.6. The number of ketones is 1. The lowest BCUT2D eigenvalue weighted by Crippen LogP contribution is -2.55. The zero-order chi connectivity index (χ0) is 43.5. The van der Waals surface area contributed by atoms with Crippen LogP contribution in [0.5, 0.6) is 5.75 Å². The minimum Gasteiger partial charge on any atom is -0.494 e. The lowest BCUT2D eigenvalue weighted by molar-refractivity contribution is -0.231. The van der Waals surface area contributed by atoms with Crippen molar-refractivity contribution in [3.8, 4) is 28.2 Å². The number of aromatic carboxylic acids is 1. The third kappa shape index (κ3) is 9.35. The van der Waals surface area contributed by atoms with Crippen LogP contribution >= 0.6 is 11.6 Å². The molecular formula is C48H50ClN2O10+. The zero-order valence-corrected chi connectivity index (χ0v) is 35.2. The minimum atomic E-state index is -1.48. The van der Waals surface area contributed by atoms with Crippen molar-refractivity contribution >= 4 is 40.0 Å². The molecule has 0 amide bonds. The van der Waals surface area contributed by atoms with Crippen LogP contribution in [0.1, 0.15) is 62.8 Å². The molecule has 2 aliphatic heterocycles. The fraction of sp³-hybridized carbons (Fsp3) is 0.312. The fourth-order valence-corrected chi connectivity index (χ4v) is 7.94. The van der Waals surface area contributed by atoms with Crippen molar-refractivity contribution in [2.75, 3.05) is 46.3 Å². The molecule has 12 nitrogen and oxygen atoms in total. The maximum Gasteiger partial charge on any atom is 0.336 e. The number of carbonyl (C=O) groups excluding carboxylic acids is 1. The van der Waals surface area contributed by atoms with Crippen LogP contribution in [0.3, 0.4) is 0 Å². The predicted molar refractivity (Wildman–Crippen MR) is 234 cm³/mol.